The molecule has 0 unspecified atom stereocenters. The molecule has 158 valence electrons. The average molecular weight is 408 g/mol. The molecule has 4 heterocycles. The monoisotopic (exact) mass is 407 g/mol. The van der Waals surface area contributed by atoms with Crippen molar-refractivity contribution < 1.29 is 9.90 Å². The smallest absolute Gasteiger partial charge is 0.230 e. The van der Waals surface area contributed by atoms with Gasteiger partial charge in [0.15, 0.2) is 0 Å². The van der Waals surface area contributed by atoms with Crippen LogP contribution in [0.25, 0.3) is 11.1 Å². The molecule has 2 aromatic rings. The van der Waals surface area contributed by atoms with Crippen LogP contribution in [0.5, 0.6) is 0 Å². The summed E-state index contributed by atoms with van der Waals surface area (Å²) in [5.74, 6) is 1.01. The van der Waals surface area contributed by atoms with E-state index in [4.69, 9.17) is 0 Å². The first-order valence-electron chi connectivity index (χ1n) is 11.1. The fourth-order valence-corrected chi connectivity index (χ4v) is 5.41. The molecule has 1 aliphatic carbocycles. The highest BCUT2D eigenvalue weighted by Crippen LogP contribution is 2.43. The summed E-state index contributed by atoms with van der Waals surface area (Å²) in [7, 11) is 0. The van der Waals surface area contributed by atoms with Crippen LogP contribution < -0.4 is 4.90 Å². The van der Waals surface area contributed by atoms with Crippen LogP contribution in [-0.2, 0) is 4.79 Å². The molecule has 0 bridgehead atoms. The first-order valence-corrected chi connectivity index (χ1v) is 11.1. The summed E-state index contributed by atoms with van der Waals surface area (Å²) in [5.41, 5.74) is 1.64. The molecule has 3 fully saturated rings. The Morgan fingerprint density at radius 1 is 1.00 bits per heavy atom. The lowest BCUT2D eigenvalue weighted by Gasteiger charge is -2.40. The SMILES string of the molecule is O=C1N([C@H]2CC[C@@H](O)CC2)CC[C@]12CCCN(c1ncc(-c3cccnc3)cn1)C2. The Balaban J connectivity index is 1.29. The maximum Gasteiger partial charge on any atom is 0.230 e. The first-order chi connectivity index (χ1) is 14.6. The van der Waals surface area contributed by atoms with Gasteiger partial charge in [-0.25, -0.2) is 9.97 Å². The van der Waals surface area contributed by atoms with Gasteiger partial charge in [0.05, 0.1) is 11.5 Å². The number of rotatable bonds is 3. The van der Waals surface area contributed by atoms with Crippen LogP contribution in [0.3, 0.4) is 0 Å². The number of nitrogens with zero attached hydrogens (tertiary/aromatic N) is 5. The van der Waals surface area contributed by atoms with E-state index in [0.29, 0.717) is 24.4 Å². The highest BCUT2D eigenvalue weighted by atomic mass is 16.3. The predicted molar refractivity (Wildman–Crippen MR) is 114 cm³/mol. The van der Waals surface area contributed by atoms with Gasteiger partial charge < -0.3 is 14.9 Å². The van der Waals surface area contributed by atoms with Gasteiger partial charge in [-0.05, 0) is 51.0 Å². The lowest BCUT2D eigenvalue weighted by atomic mass is 9.78. The summed E-state index contributed by atoms with van der Waals surface area (Å²) in [6, 6.07) is 4.20. The molecule has 7 heteroatoms. The third-order valence-corrected chi connectivity index (χ3v) is 7.15. The number of anilines is 1. The quantitative estimate of drug-likeness (QED) is 0.842. The molecule has 1 N–H and O–H groups in total. The van der Waals surface area contributed by atoms with Gasteiger partial charge in [-0.1, -0.05) is 6.07 Å². The molecule has 2 saturated heterocycles. The van der Waals surface area contributed by atoms with E-state index < -0.39 is 0 Å². The molecule has 0 radical (unpaired) electrons. The molecule has 7 nitrogen and oxygen atoms in total. The second kappa shape index (κ2) is 7.95. The van der Waals surface area contributed by atoms with Gasteiger partial charge in [-0.2, -0.15) is 0 Å². The Labute approximate surface area is 177 Å². The van der Waals surface area contributed by atoms with E-state index in [1.54, 1.807) is 6.20 Å². The fourth-order valence-electron chi connectivity index (χ4n) is 5.41. The predicted octanol–water partition coefficient (Wildman–Crippen LogP) is 2.66. The van der Waals surface area contributed by atoms with Gasteiger partial charge in [0.1, 0.15) is 0 Å². The van der Waals surface area contributed by atoms with Crippen LogP contribution in [-0.4, -0.2) is 62.6 Å². The van der Waals surface area contributed by atoms with Crippen LogP contribution in [0.15, 0.2) is 36.9 Å². The van der Waals surface area contributed by atoms with Gasteiger partial charge in [0.2, 0.25) is 11.9 Å². The number of aliphatic hydroxyl groups is 1. The van der Waals surface area contributed by atoms with Crippen LogP contribution in [0.1, 0.15) is 44.9 Å². The van der Waals surface area contributed by atoms with E-state index in [9.17, 15) is 9.90 Å². The van der Waals surface area contributed by atoms with E-state index in [0.717, 1.165) is 69.2 Å². The number of aliphatic hydroxyl groups excluding tert-OH is 1. The standard InChI is InChI=1S/C23H29N5O2/c29-20-6-4-19(5-7-20)28-12-9-23(21(28)30)8-2-11-27(16-23)22-25-14-18(15-26-22)17-3-1-10-24-13-17/h1,3,10,13-15,19-20,29H,2,4-9,11-12,16H2/t19-,20+,23-/m0/s1. The lowest BCUT2D eigenvalue weighted by molar-refractivity contribution is -0.139. The van der Waals surface area contributed by atoms with Crippen molar-refractivity contribution in [1.82, 2.24) is 19.9 Å². The van der Waals surface area contributed by atoms with Gasteiger partial charge in [0.25, 0.3) is 0 Å². The van der Waals surface area contributed by atoms with Crippen molar-refractivity contribution in [3.05, 3.63) is 36.9 Å². The Hall–Kier alpha value is -2.54. The Kier molecular flexibility index (Phi) is 5.15. The van der Waals surface area contributed by atoms with E-state index in [-0.39, 0.29) is 11.5 Å². The van der Waals surface area contributed by atoms with Crippen molar-refractivity contribution in [2.75, 3.05) is 24.5 Å². The molecule has 1 saturated carbocycles. The summed E-state index contributed by atoms with van der Waals surface area (Å²) in [4.78, 5) is 31.1. The molecule has 1 spiro atoms. The highest BCUT2D eigenvalue weighted by Gasteiger charge is 2.50. The second-order valence-electron chi connectivity index (χ2n) is 9.03. The molecule has 30 heavy (non-hydrogen) atoms. The molecular formula is C23H29N5O2. The molecule has 5 rings (SSSR count). The summed E-state index contributed by atoms with van der Waals surface area (Å²) in [6.07, 6.45) is 13.4. The van der Waals surface area contributed by atoms with Gasteiger partial charge in [-0.15, -0.1) is 0 Å². The Bertz CT molecular complexity index is 882. The number of pyridine rings is 1. The summed E-state index contributed by atoms with van der Waals surface area (Å²) >= 11 is 0. The van der Waals surface area contributed by atoms with Crippen LogP contribution in [0.4, 0.5) is 5.95 Å². The number of amides is 1. The molecule has 2 aliphatic heterocycles. The Morgan fingerprint density at radius 2 is 1.80 bits per heavy atom. The zero-order valence-corrected chi connectivity index (χ0v) is 17.3. The van der Waals surface area contributed by atoms with E-state index in [1.165, 1.54) is 0 Å². The zero-order chi connectivity index (χ0) is 20.6. The van der Waals surface area contributed by atoms with Crippen LogP contribution in [0, 0.1) is 5.41 Å². The number of likely N-dealkylation sites (tertiary alicyclic amines) is 1. The van der Waals surface area contributed by atoms with Gasteiger partial charge in [0, 0.05) is 61.6 Å². The van der Waals surface area contributed by atoms with Crippen LogP contribution in [0.2, 0.25) is 0 Å². The number of aromatic nitrogens is 3. The minimum absolute atomic E-state index is 0.190. The summed E-state index contributed by atoms with van der Waals surface area (Å²) in [6.45, 7) is 2.43. The topological polar surface area (TPSA) is 82.5 Å². The maximum absolute atomic E-state index is 13.5. The molecule has 0 aromatic carbocycles. The zero-order valence-electron chi connectivity index (χ0n) is 17.3. The van der Waals surface area contributed by atoms with Crippen molar-refractivity contribution in [3.63, 3.8) is 0 Å². The van der Waals surface area contributed by atoms with Crippen molar-refractivity contribution in [2.24, 2.45) is 5.41 Å². The molecule has 3 aliphatic rings. The number of carbonyl (C=O) groups is 1. The third kappa shape index (κ3) is 3.55. The maximum atomic E-state index is 13.5. The molecular weight excluding hydrogens is 378 g/mol. The fraction of sp³-hybridized carbons (Fsp3) is 0.565. The molecule has 1 amide bonds. The van der Waals surface area contributed by atoms with E-state index >= 15 is 0 Å². The number of piperidine rings is 1. The first kappa shape index (κ1) is 19.4. The molecule has 2 aromatic heterocycles. The van der Waals surface area contributed by atoms with Crippen LogP contribution >= 0.6 is 0 Å². The number of hydrogen-bond acceptors (Lipinski definition) is 6. The Morgan fingerprint density at radius 3 is 2.53 bits per heavy atom. The van der Waals surface area contributed by atoms with E-state index in [2.05, 4.69) is 24.8 Å². The number of hydrogen-bond donors (Lipinski definition) is 1. The lowest BCUT2D eigenvalue weighted by Crippen LogP contribution is -2.50. The van der Waals surface area contributed by atoms with Gasteiger partial charge >= 0.3 is 0 Å². The van der Waals surface area contributed by atoms with E-state index in [1.807, 2.05) is 30.7 Å². The highest BCUT2D eigenvalue weighted by molar-refractivity contribution is 5.86. The van der Waals surface area contributed by atoms with Crippen molar-refractivity contribution >= 4 is 11.9 Å². The minimum Gasteiger partial charge on any atom is -0.393 e. The third-order valence-electron chi connectivity index (χ3n) is 7.15. The van der Waals surface area contributed by atoms with Crippen molar-refractivity contribution in [2.45, 2.75) is 57.1 Å². The minimum atomic E-state index is -0.306. The second-order valence-corrected chi connectivity index (χ2v) is 9.03. The van der Waals surface area contributed by atoms with Crippen molar-refractivity contribution in [1.29, 1.82) is 0 Å². The molecule has 1 atom stereocenters. The average Bonchev–Trinajstić information content (AvgIpc) is 3.10. The number of carbonyl (C=O) groups excluding carboxylic acids is 1. The summed E-state index contributed by atoms with van der Waals surface area (Å²) in [5, 5.41) is 9.80. The van der Waals surface area contributed by atoms with Gasteiger partial charge in [-0.3, -0.25) is 9.78 Å². The normalized spacial score (nSPS) is 29.6. The summed E-state index contributed by atoms with van der Waals surface area (Å²) < 4.78 is 0. The van der Waals surface area contributed by atoms with Crippen molar-refractivity contribution in [3.8, 4) is 11.1 Å². The largest absolute Gasteiger partial charge is 0.393 e.